The fourth-order valence-corrected chi connectivity index (χ4v) is 1.67. The normalized spacial score (nSPS) is 12.1. The van der Waals surface area contributed by atoms with Crippen LogP contribution in [0.5, 0.6) is 0 Å². The standard InChI is InChI=1S/C15H23N3O2/c1-10(2)14(16)15(20)18-9-13(19)17-8-12-6-4-5-11(3)7-12/h4-7,10,14H,8-9,16H2,1-3H3,(H,17,19)(H,18,20)/t14-/m0/s1. The number of nitrogens with two attached hydrogens (primary N) is 1. The van der Waals surface area contributed by atoms with E-state index in [0.717, 1.165) is 11.1 Å². The number of rotatable bonds is 6. The summed E-state index contributed by atoms with van der Waals surface area (Å²) < 4.78 is 0. The first kappa shape index (κ1) is 16.2. The third-order valence-electron chi connectivity index (χ3n) is 3.02. The fraction of sp³-hybridized carbons (Fsp3) is 0.467. The molecule has 0 radical (unpaired) electrons. The molecule has 0 bridgehead atoms. The minimum Gasteiger partial charge on any atom is -0.350 e. The summed E-state index contributed by atoms with van der Waals surface area (Å²) in [7, 11) is 0. The van der Waals surface area contributed by atoms with E-state index in [0.29, 0.717) is 6.54 Å². The summed E-state index contributed by atoms with van der Waals surface area (Å²) in [6.07, 6.45) is 0. The third-order valence-corrected chi connectivity index (χ3v) is 3.02. The topological polar surface area (TPSA) is 84.2 Å². The number of nitrogens with one attached hydrogen (secondary N) is 2. The van der Waals surface area contributed by atoms with Crippen LogP contribution in [0, 0.1) is 12.8 Å². The van der Waals surface area contributed by atoms with Gasteiger partial charge in [-0.3, -0.25) is 9.59 Å². The van der Waals surface area contributed by atoms with Crippen LogP contribution in [-0.2, 0) is 16.1 Å². The van der Waals surface area contributed by atoms with Gasteiger partial charge in [0.2, 0.25) is 11.8 Å². The molecule has 0 unspecified atom stereocenters. The van der Waals surface area contributed by atoms with Gasteiger partial charge in [0.05, 0.1) is 12.6 Å². The van der Waals surface area contributed by atoms with Crippen LogP contribution in [0.4, 0.5) is 0 Å². The highest BCUT2D eigenvalue weighted by atomic mass is 16.2. The van der Waals surface area contributed by atoms with Gasteiger partial charge in [0.1, 0.15) is 0 Å². The molecule has 5 nitrogen and oxygen atoms in total. The molecule has 110 valence electrons. The van der Waals surface area contributed by atoms with Gasteiger partial charge in [0.25, 0.3) is 0 Å². The summed E-state index contributed by atoms with van der Waals surface area (Å²) in [5, 5.41) is 5.29. The third kappa shape index (κ3) is 5.40. The van der Waals surface area contributed by atoms with E-state index in [1.54, 1.807) is 0 Å². The summed E-state index contributed by atoms with van der Waals surface area (Å²) in [4.78, 5) is 23.2. The quantitative estimate of drug-likeness (QED) is 0.716. The van der Waals surface area contributed by atoms with Crippen LogP contribution >= 0.6 is 0 Å². The summed E-state index contributed by atoms with van der Waals surface area (Å²) >= 11 is 0. The first-order valence-corrected chi connectivity index (χ1v) is 6.75. The van der Waals surface area contributed by atoms with E-state index >= 15 is 0 Å². The number of hydrogen-bond acceptors (Lipinski definition) is 3. The van der Waals surface area contributed by atoms with Crippen molar-refractivity contribution in [2.45, 2.75) is 33.4 Å². The molecule has 0 aliphatic heterocycles. The average molecular weight is 277 g/mol. The fourth-order valence-electron chi connectivity index (χ4n) is 1.67. The highest BCUT2D eigenvalue weighted by Crippen LogP contribution is 2.03. The molecule has 0 saturated carbocycles. The lowest BCUT2D eigenvalue weighted by molar-refractivity contribution is -0.127. The van der Waals surface area contributed by atoms with E-state index in [2.05, 4.69) is 10.6 Å². The molecule has 5 heteroatoms. The minimum atomic E-state index is -0.584. The summed E-state index contributed by atoms with van der Waals surface area (Å²) in [5.41, 5.74) is 7.86. The number of carbonyl (C=O) groups is 2. The minimum absolute atomic E-state index is 0.0466. The Morgan fingerprint density at radius 3 is 2.55 bits per heavy atom. The largest absolute Gasteiger partial charge is 0.350 e. The highest BCUT2D eigenvalue weighted by Gasteiger charge is 2.17. The van der Waals surface area contributed by atoms with Crippen molar-refractivity contribution in [1.29, 1.82) is 0 Å². The highest BCUT2D eigenvalue weighted by molar-refractivity contribution is 5.87. The summed E-state index contributed by atoms with van der Waals surface area (Å²) in [5.74, 6) is -0.480. The molecule has 1 atom stereocenters. The molecular weight excluding hydrogens is 254 g/mol. The van der Waals surface area contributed by atoms with Crippen molar-refractivity contribution in [2.24, 2.45) is 11.7 Å². The summed E-state index contributed by atoms with van der Waals surface area (Å²) in [6, 6.07) is 7.31. The Kier molecular flexibility index (Phi) is 6.18. The maximum atomic E-state index is 11.6. The first-order valence-electron chi connectivity index (χ1n) is 6.75. The van der Waals surface area contributed by atoms with Crippen molar-refractivity contribution in [2.75, 3.05) is 6.54 Å². The number of amides is 2. The molecule has 0 spiro atoms. The zero-order valence-corrected chi connectivity index (χ0v) is 12.3. The van der Waals surface area contributed by atoms with Crippen molar-refractivity contribution in [3.63, 3.8) is 0 Å². The zero-order chi connectivity index (χ0) is 15.1. The maximum absolute atomic E-state index is 11.6. The van der Waals surface area contributed by atoms with Crippen LogP contribution in [0.2, 0.25) is 0 Å². The van der Waals surface area contributed by atoms with E-state index in [1.807, 2.05) is 45.0 Å². The number of hydrogen-bond donors (Lipinski definition) is 3. The molecule has 0 heterocycles. The van der Waals surface area contributed by atoms with E-state index in [1.165, 1.54) is 0 Å². The van der Waals surface area contributed by atoms with Crippen LogP contribution < -0.4 is 16.4 Å². The Labute approximate surface area is 119 Å². The maximum Gasteiger partial charge on any atom is 0.239 e. The first-order chi connectivity index (χ1) is 9.40. The van der Waals surface area contributed by atoms with E-state index in [4.69, 9.17) is 5.73 Å². The van der Waals surface area contributed by atoms with Crippen molar-refractivity contribution in [3.8, 4) is 0 Å². The van der Waals surface area contributed by atoms with Crippen molar-refractivity contribution >= 4 is 11.8 Å². The van der Waals surface area contributed by atoms with Crippen LogP contribution in [0.1, 0.15) is 25.0 Å². The van der Waals surface area contributed by atoms with Gasteiger partial charge in [0.15, 0.2) is 0 Å². The van der Waals surface area contributed by atoms with E-state index < -0.39 is 6.04 Å². The van der Waals surface area contributed by atoms with Gasteiger partial charge >= 0.3 is 0 Å². The van der Waals surface area contributed by atoms with Gasteiger partial charge < -0.3 is 16.4 Å². The molecule has 0 fully saturated rings. The second-order valence-corrected chi connectivity index (χ2v) is 5.25. The monoisotopic (exact) mass is 277 g/mol. The van der Waals surface area contributed by atoms with Gasteiger partial charge in [-0.2, -0.15) is 0 Å². The molecule has 20 heavy (non-hydrogen) atoms. The Bertz CT molecular complexity index is 472. The smallest absolute Gasteiger partial charge is 0.239 e. The molecule has 1 rings (SSSR count). The molecule has 1 aromatic rings. The number of aryl methyl sites for hydroxylation is 1. The molecule has 4 N–H and O–H groups in total. The van der Waals surface area contributed by atoms with Crippen molar-refractivity contribution in [1.82, 2.24) is 10.6 Å². The van der Waals surface area contributed by atoms with Gasteiger partial charge in [-0.15, -0.1) is 0 Å². The molecule has 1 aromatic carbocycles. The Hall–Kier alpha value is -1.88. The SMILES string of the molecule is Cc1cccc(CNC(=O)CNC(=O)[C@@H](N)C(C)C)c1. The average Bonchev–Trinajstić information content (AvgIpc) is 2.41. The van der Waals surface area contributed by atoms with Gasteiger partial charge in [-0.05, 0) is 18.4 Å². The van der Waals surface area contributed by atoms with Crippen LogP contribution in [0.15, 0.2) is 24.3 Å². The number of benzene rings is 1. The predicted molar refractivity (Wildman–Crippen MR) is 78.8 cm³/mol. The van der Waals surface area contributed by atoms with Crippen molar-refractivity contribution in [3.05, 3.63) is 35.4 Å². The Morgan fingerprint density at radius 1 is 1.25 bits per heavy atom. The second kappa shape index (κ2) is 7.65. The Morgan fingerprint density at radius 2 is 1.95 bits per heavy atom. The van der Waals surface area contributed by atoms with Gasteiger partial charge in [0, 0.05) is 6.54 Å². The lowest BCUT2D eigenvalue weighted by Crippen LogP contribution is -2.47. The van der Waals surface area contributed by atoms with Crippen LogP contribution in [-0.4, -0.2) is 24.4 Å². The molecule has 2 amide bonds. The van der Waals surface area contributed by atoms with Gasteiger partial charge in [-0.1, -0.05) is 43.7 Å². The molecule has 0 aliphatic rings. The van der Waals surface area contributed by atoms with Crippen LogP contribution in [0.25, 0.3) is 0 Å². The summed E-state index contributed by atoms with van der Waals surface area (Å²) in [6.45, 7) is 6.13. The van der Waals surface area contributed by atoms with E-state index in [9.17, 15) is 9.59 Å². The molecule has 0 aromatic heterocycles. The molecule has 0 aliphatic carbocycles. The predicted octanol–water partition coefficient (Wildman–Crippen LogP) is 0.711. The zero-order valence-electron chi connectivity index (χ0n) is 12.3. The lowest BCUT2D eigenvalue weighted by atomic mass is 10.1. The number of carbonyl (C=O) groups excluding carboxylic acids is 2. The van der Waals surface area contributed by atoms with Gasteiger partial charge in [-0.25, -0.2) is 0 Å². The van der Waals surface area contributed by atoms with E-state index in [-0.39, 0.29) is 24.3 Å². The molecular formula is C15H23N3O2. The van der Waals surface area contributed by atoms with Crippen LogP contribution in [0.3, 0.4) is 0 Å². The molecule has 0 saturated heterocycles. The lowest BCUT2D eigenvalue weighted by Gasteiger charge is -2.15. The Balaban J connectivity index is 2.32. The van der Waals surface area contributed by atoms with Crippen molar-refractivity contribution < 1.29 is 9.59 Å². The second-order valence-electron chi connectivity index (χ2n) is 5.25.